The molecule has 0 atom stereocenters. The Morgan fingerprint density at radius 1 is 1.55 bits per heavy atom. The monoisotopic (exact) mass is 324 g/mol. The van der Waals surface area contributed by atoms with Gasteiger partial charge in [0.15, 0.2) is 5.82 Å². The van der Waals surface area contributed by atoms with Gasteiger partial charge in [-0.25, -0.2) is 4.98 Å². The van der Waals surface area contributed by atoms with Gasteiger partial charge in [-0.1, -0.05) is 24.6 Å². The van der Waals surface area contributed by atoms with E-state index in [1.165, 1.54) is 0 Å². The number of allylic oxidation sites excluding steroid dienone is 1. The highest BCUT2D eigenvalue weighted by Crippen LogP contribution is 2.19. The van der Waals surface area contributed by atoms with Gasteiger partial charge in [0.2, 0.25) is 5.78 Å². The number of halogens is 1. The zero-order valence-electron chi connectivity index (χ0n) is 12.2. The molecule has 1 aromatic heterocycles. The molecule has 1 aromatic rings. The van der Waals surface area contributed by atoms with Crippen molar-refractivity contribution in [3.8, 4) is 0 Å². The van der Waals surface area contributed by atoms with E-state index in [9.17, 15) is 14.9 Å². The molecule has 7 nitrogen and oxygen atoms in total. The van der Waals surface area contributed by atoms with Gasteiger partial charge in [-0.3, -0.25) is 14.9 Å². The summed E-state index contributed by atoms with van der Waals surface area (Å²) in [5.41, 5.74) is 0.512. The van der Waals surface area contributed by atoms with Crippen molar-refractivity contribution in [2.75, 3.05) is 13.1 Å². The number of Topliss-reactive ketones (excluding diaryl/α,β-unsaturated/α-hetero) is 1. The second-order valence-electron chi connectivity index (χ2n) is 4.97. The molecule has 1 N–H and O–H groups in total. The lowest BCUT2D eigenvalue weighted by molar-refractivity contribution is -0.421. The fourth-order valence-corrected chi connectivity index (χ4v) is 2.42. The molecule has 0 aromatic carbocycles. The summed E-state index contributed by atoms with van der Waals surface area (Å²) in [6.07, 6.45) is 2.36. The smallest absolute Gasteiger partial charge is 0.351 e. The van der Waals surface area contributed by atoms with Crippen molar-refractivity contribution in [1.82, 2.24) is 15.2 Å². The highest BCUT2D eigenvalue weighted by Gasteiger charge is 2.32. The molecule has 1 aliphatic heterocycles. The Hall–Kier alpha value is -2.15. The first-order valence-corrected chi connectivity index (χ1v) is 7.41. The van der Waals surface area contributed by atoms with Crippen LogP contribution >= 0.6 is 11.6 Å². The van der Waals surface area contributed by atoms with Crippen molar-refractivity contribution in [3.63, 3.8) is 0 Å². The molecule has 1 saturated heterocycles. The molecule has 0 spiro atoms. The van der Waals surface area contributed by atoms with E-state index in [-0.39, 0.29) is 12.1 Å². The Labute approximate surface area is 133 Å². The lowest BCUT2D eigenvalue weighted by Crippen LogP contribution is -2.27. The molecule has 2 heterocycles. The topological polar surface area (TPSA) is 88.4 Å². The number of hydrogen-bond acceptors (Lipinski definition) is 6. The van der Waals surface area contributed by atoms with Gasteiger partial charge < -0.3 is 10.2 Å². The Balaban J connectivity index is 2.26. The first-order valence-electron chi connectivity index (χ1n) is 7.04. The Bertz CT molecular complexity index is 601. The molecule has 0 aliphatic carbocycles. The number of rotatable bonds is 6. The van der Waals surface area contributed by atoms with Crippen LogP contribution in [0.3, 0.4) is 0 Å². The number of ketones is 1. The molecular formula is C14H17ClN4O3. The van der Waals surface area contributed by atoms with Crippen LogP contribution in [0.25, 0.3) is 0 Å². The van der Waals surface area contributed by atoms with Gasteiger partial charge in [0, 0.05) is 32.3 Å². The summed E-state index contributed by atoms with van der Waals surface area (Å²) in [4.78, 5) is 28.5. The summed E-state index contributed by atoms with van der Waals surface area (Å²) >= 11 is 5.74. The van der Waals surface area contributed by atoms with Gasteiger partial charge in [0.1, 0.15) is 5.15 Å². The number of pyridine rings is 1. The van der Waals surface area contributed by atoms with E-state index in [1.807, 2.05) is 13.0 Å². The Morgan fingerprint density at radius 3 is 2.91 bits per heavy atom. The molecule has 0 saturated carbocycles. The molecule has 0 radical (unpaired) electrons. The summed E-state index contributed by atoms with van der Waals surface area (Å²) in [5.74, 6) is -0.158. The molecule has 0 unspecified atom stereocenters. The number of hydrogen-bond donors (Lipinski definition) is 1. The van der Waals surface area contributed by atoms with Crippen LogP contribution in [0.1, 0.15) is 25.3 Å². The lowest BCUT2D eigenvalue weighted by atomic mass is 10.1. The molecule has 118 valence electrons. The minimum Gasteiger partial charge on any atom is -0.364 e. The highest BCUT2D eigenvalue weighted by atomic mass is 35.5. The predicted molar refractivity (Wildman–Crippen MR) is 81.6 cm³/mol. The number of nitro groups is 1. The highest BCUT2D eigenvalue weighted by molar-refractivity contribution is 6.29. The summed E-state index contributed by atoms with van der Waals surface area (Å²) in [5, 5.41) is 14.6. The summed E-state index contributed by atoms with van der Waals surface area (Å²) in [6, 6.07) is 3.48. The number of nitrogens with one attached hydrogen (secondary N) is 1. The van der Waals surface area contributed by atoms with Gasteiger partial charge in [-0.2, -0.15) is 0 Å². The SMILES string of the molecule is CCCC(=O)C(=C1NCCN1Cc1ccc(Cl)nc1)[N+](=O)[O-]. The van der Waals surface area contributed by atoms with Crippen LogP contribution in [-0.4, -0.2) is 33.7 Å². The quantitative estimate of drug-likeness (QED) is 0.372. The molecule has 0 bridgehead atoms. The first kappa shape index (κ1) is 16.2. The van der Waals surface area contributed by atoms with Crippen LogP contribution < -0.4 is 5.32 Å². The van der Waals surface area contributed by atoms with E-state index in [4.69, 9.17) is 11.6 Å². The zero-order valence-corrected chi connectivity index (χ0v) is 13.0. The molecule has 0 amide bonds. The van der Waals surface area contributed by atoms with E-state index >= 15 is 0 Å². The minimum atomic E-state index is -0.598. The van der Waals surface area contributed by atoms with Crippen molar-refractivity contribution in [2.24, 2.45) is 0 Å². The molecular weight excluding hydrogens is 308 g/mol. The first-order chi connectivity index (χ1) is 10.5. The fraction of sp³-hybridized carbons (Fsp3) is 0.429. The van der Waals surface area contributed by atoms with Gasteiger partial charge >= 0.3 is 5.70 Å². The third-order valence-corrected chi connectivity index (χ3v) is 3.52. The van der Waals surface area contributed by atoms with E-state index < -0.39 is 10.7 Å². The van der Waals surface area contributed by atoms with Gasteiger partial charge in [0.25, 0.3) is 0 Å². The molecule has 1 fully saturated rings. The van der Waals surface area contributed by atoms with Crippen molar-refractivity contribution in [1.29, 1.82) is 0 Å². The fourth-order valence-electron chi connectivity index (χ4n) is 2.31. The summed E-state index contributed by atoms with van der Waals surface area (Å²) < 4.78 is 0. The van der Waals surface area contributed by atoms with E-state index in [1.54, 1.807) is 17.2 Å². The summed E-state index contributed by atoms with van der Waals surface area (Å²) in [7, 11) is 0. The molecule has 2 rings (SSSR count). The number of nitrogens with zero attached hydrogens (tertiary/aromatic N) is 3. The largest absolute Gasteiger partial charge is 0.364 e. The van der Waals surface area contributed by atoms with Crippen LogP contribution in [0.5, 0.6) is 0 Å². The maximum absolute atomic E-state index is 12.0. The maximum Gasteiger partial charge on any atom is 0.351 e. The van der Waals surface area contributed by atoms with Crippen molar-refractivity contribution >= 4 is 17.4 Å². The van der Waals surface area contributed by atoms with Crippen LogP contribution in [0.2, 0.25) is 5.15 Å². The summed E-state index contributed by atoms with van der Waals surface area (Å²) in [6.45, 7) is 3.41. The second kappa shape index (κ2) is 7.22. The average Bonchev–Trinajstić information content (AvgIpc) is 2.89. The van der Waals surface area contributed by atoms with Gasteiger partial charge in [0.05, 0.1) is 4.92 Å². The maximum atomic E-state index is 12.0. The van der Waals surface area contributed by atoms with Crippen molar-refractivity contribution in [2.45, 2.75) is 26.3 Å². The predicted octanol–water partition coefficient (Wildman–Crippen LogP) is 1.96. The van der Waals surface area contributed by atoms with Gasteiger partial charge in [-0.05, 0) is 18.1 Å². The normalized spacial score (nSPS) is 16.4. The number of carbonyl (C=O) groups excluding carboxylic acids is 1. The van der Waals surface area contributed by atoms with Gasteiger partial charge in [-0.15, -0.1) is 0 Å². The van der Waals surface area contributed by atoms with Crippen molar-refractivity contribution < 1.29 is 9.72 Å². The van der Waals surface area contributed by atoms with Crippen molar-refractivity contribution in [3.05, 3.63) is 50.7 Å². The minimum absolute atomic E-state index is 0.165. The van der Waals surface area contributed by atoms with Crippen LogP contribution in [0, 0.1) is 10.1 Å². The Kier molecular flexibility index (Phi) is 5.32. The lowest BCUT2D eigenvalue weighted by Gasteiger charge is -2.18. The number of aromatic nitrogens is 1. The third kappa shape index (κ3) is 3.73. The van der Waals surface area contributed by atoms with Crippen LogP contribution in [0.15, 0.2) is 29.8 Å². The second-order valence-corrected chi connectivity index (χ2v) is 5.35. The average molecular weight is 325 g/mol. The van der Waals surface area contributed by atoms with Crippen LogP contribution in [0.4, 0.5) is 0 Å². The third-order valence-electron chi connectivity index (χ3n) is 3.30. The molecule has 22 heavy (non-hydrogen) atoms. The molecule has 8 heteroatoms. The van der Waals surface area contributed by atoms with E-state index in [2.05, 4.69) is 10.3 Å². The van der Waals surface area contributed by atoms with E-state index in [0.29, 0.717) is 37.0 Å². The Morgan fingerprint density at radius 2 is 2.32 bits per heavy atom. The number of carbonyl (C=O) groups is 1. The molecule has 1 aliphatic rings. The standard InChI is InChI=1S/C14H17ClN4O3/c1-2-3-11(20)13(19(21)22)14-16-6-7-18(14)9-10-4-5-12(15)17-8-10/h4-5,8,16H,2-3,6-7,9H2,1H3. The zero-order chi connectivity index (χ0) is 16.1. The van der Waals surface area contributed by atoms with E-state index in [0.717, 1.165) is 5.56 Å². The van der Waals surface area contributed by atoms with Crippen LogP contribution in [-0.2, 0) is 11.3 Å².